The van der Waals surface area contributed by atoms with E-state index in [9.17, 15) is 0 Å². The van der Waals surface area contributed by atoms with E-state index in [1.807, 2.05) is 37.3 Å². The fourth-order valence-corrected chi connectivity index (χ4v) is 0.883. The van der Waals surface area contributed by atoms with Crippen molar-refractivity contribution in [2.75, 3.05) is 0 Å². The van der Waals surface area contributed by atoms with Crippen molar-refractivity contribution in [1.29, 1.82) is 0 Å². The molecule has 0 saturated heterocycles. The summed E-state index contributed by atoms with van der Waals surface area (Å²) in [6.07, 6.45) is 1.81. The first kappa shape index (κ1) is 7.47. The van der Waals surface area contributed by atoms with Gasteiger partial charge in [-0.05, 0) is 6.07 Å². The lowest BCUT2D eigenvalue weighted by molar-refractivity contribution is -0.0979. The molecule has 1 N–H and O–H groups in total. The molecule has 0 radical (unpaired) electrons. The van der Waals surface area contributed by atoms with Crippen molar-refractivity contribution in [2.45, 2.75) is 0 Å². The molecule has 2 aromatic rings. The second kappa shape index (κ2) is 3.51. The Morgan fingerprint density at radius 1 is 1.27 bits per heavy atom. The number of aromatic amines is 1. The van der Waals surface area contributed by atoms with E-state index < -0.39 is 0 Å². The number of fused-ring (bicyclic) bond motifs is 1. The highest BCUT2D eigenvalue weighted by atomic mass is 16.1. The molecular formula is C8H8N2O. The van der Waals surface area contributed by atoms with Gasteiger partial charge in [0.15, 0.2) is 0 Å². The van der Waals surface area contributed by atoms with E-state index in [1.165, 1.54) is 0 Å². The van der Waals surface area contributed by atoms with E-state index >= 15 is 0 Å². The molecule has 2 rings (SSSR count). The summed E-state index contributed by atoms with van der Waals surface area (Å²) in [4.78, 5) is 8.00. The highest BCUT2D eigenvalue weighted by Gasteiger charge is 1.88. The number of para-hydroxylation sites is 1. The van der Waals surface area contributed by atoms with Gasteiger partial charge < -0.3 is 4.79 Å². The van der Waals surface area contributed by atoms with Gasteiger partial charge in [-0.25, -0.2) is 0 Å². The predicted octanol–water partition coefficient (Wildman–Crippen LogP) is 1.38. The van der Waals surface area contributed by atoms with Crippen LogP contribution in [0.1, 0.15) is 0 Å². The molecular weight excluding hydrogens is 140 g/mol. The summed E-state index contributed by atoms with van der Waals surface area (Å²) in [5.41, 5.74) is 1.09. The summed E-state index contributed by atoms with van der Waals surface area (Å²) in [7, 11) is 0. The molecule has 1 aromatic heterocycles. The maximum Gasteiger partial charge on any atom is 0.106 e. The second-order valence-corrected chi connectivity index (χ2v) is 1.96. The number of hydrogen-bond donors (Lipinski definition) is 1. The summed E-state index contributed by atoms with van der Waals surface area (Å²) < 4.78 is 0. The zero-order chi connectivity index (χ0) is 8.10. The zero-order valence-corrected chi connectivity index (χ0v) is 5.95. The van der Waals surface area contributed by atoms with E-state index in [-0.39, 0.29) is 0 Å². The lowest BCUT2D eigenvalue weighted by atomic mass is 10.3. The van der Waals surface area contributed by atoms with Gasteiger partial charge in [0.2, 0.25) is 0 Å². The summed E-state index contributed by atoms with van der Waals surface area (Å²) >= 11 is 0. The van der Waals surface area contributed by atoms with Gasteiger partial charge in [-0.3, -0.25) is 5.10 Å². The van der Waals surface area contributed by atoms with Crippen LogP contribution in [0.2, 0.25) is 0 Å². The highest BCUT2D eigenvalue weighted by Crippen LogP contribution is 2.06. The Morgan fingerprint density at radius 3 is 2.73 bits per heavy atom. The fraction of sp³-hybridized carbons (Fsp3) is 0. The summed E-state index contributed by atoms with van der Waals surface area (Å²) in [5, 5.41) is 7.91. The summed E-state index contributed by atoms with van der Waals surface area (Å²) in [6.45, 7) is 2.00. The third kappa shape index (κ3) is 1.43. The predicted molar refractivity (Wildman–Crippen MR) is 43.2 cm³/mol. The van der Waals surface area contributed by atoms with Crippen LogP contribution in [0.4, 0.5) is 0 Å². The number of benzene rings is 1. The standard InChI is InChI=1S/C7H6N2.CH2O/c1-2-4-7-6(3-1)5-8-9-7;1-2/h1-5H,(H,8,9);1H2. The highest BCUT2D eigenvalue weighted by molar-refractivity contribution is 5.77. The monoisotopic (exact) mass is 148 g/mol. The number of nitrogens with zero attached hydrogens (tertiary/aromatic N) is 1. The summed E-state index contributed by atoms with van der Waals surface area (Å²) in [6, 6.07) is 8.01. The van der Waals surface area contributed by atoms with E-state index in [0.29, 0.717) is 0 Å². The maximum atomic E-state index is 8.00. The molecule has 3 nitrogen and oxygen atoms in total. The second-order valence-electron chi connectivity index (χ2n) is 1.96. The van der Waals surface area contributed by atoms with Gasteiger partial charge >= 0.3 is 0 Å². The van der Waals surface area contributed by atoms with Crippen molar-refractivity contribution in [3.05, 3.63) is 30.5 Å². The molecule has 0 aliphatic carbocycles. The average molecular weight is 148 g/mol. The van der Waals surface area contributed by atoms with Crippen molar-refractivity contribution in [2.24, 2.45) is 0 Å². The minimum atomic E-state index is 1.09. The number of aromatic nitrogens is 2. The van der Waals surface area contributed by atoms with Gasteiger partial charge in [0.05, 0.1) is 11.7 Å². The molecule has 0 amide bonds. The average Bonchev–Trinajstić information content (AvgIpc) is 2.55. The van der Waals surface area contributed by atoms with Crippen LogP contribution in [0.15, 0.2) is 30.5 Å². The third-order valence-corrected chi connectivity index (χ3v) is 1.35. The molecule has 0 aliphatic heterocycles. The van der Waals surface area contributed by atoms with Crippen LogP contribution in [-0.2, 0) is 4.79 Å². The maximum absolute atomic E-state index is 8.00. The van der Waals surface area contributed by atoms with E-state index in [2.05, 4.69) is 10.2 Å². The van der Waals surface area contributed by atoms with Crippen LogP contribution in [0.25, 0.3) is 10.9 Å². The van der Waals surface area contributed by atoms with Gasteiger partial charge in [-0.15, -0.1) is 0 Å². The number of carbonyl (C=O) groups excluding carboxylic acids is 1. The van der Waals surface area contributed by atoms with E-state index in [0.717, 1.165) is 10.9 Å². The van der Waals surface area contributed by atoms with Crippen molar-refractivity contribution in [1.82, 2.24) is 10.2 Å². The number of rotatable bonds is 0. The zero-order valence-electron chi connectivity index (χ0n) is 5.95. The Hall–Kier alpha value is -1.64. The molecule has 56 valence electrons. The van der Waals surface area contributed by atoms with Crippen LogP contribution in [0, 0.1) is 0 Å². The van der Waals surface area contributed by atoms with Crippen molar-refractivity contribution in [3.8, 4) is 0 Å². The van der Waals surface area contributed by atoms with Crippen LogP contribution in [-0.4, -0.2) is 17.0 Å². The van der Waals surface area contributed by atoms with Crippen molar-refractivity contribution >= 4 is 17.7 Å². The molecule has 1 heterocycles. The Balaban J connectivity index is 0.000000281. The van der Waals surface area contributed by atoms with E-state index in [1.54, 1.807) is 0 Å². The molecule has 0 aliphatic rings. The van der Waals surface area contributed by atoms with Gasteiger partial charge in [0.1, 0.15) is 6.79 Å². The molecule has 0 bridgehead atoms. The normalized spacial score (nSPS) is 8.73. The number of carbonyl (C=O) groups is 1. The van der Waals surface area contributed by atoms with E-state index in [4.69, 9.17) is 4.79 Å². The largest absolute Gasteiger partial charge is 0.307 e. The van der Waals surface area contributed by atoms with Crippen LogP contribution in [0.3, 0.4) is 0 Å². The van der Waals surface area contributed by atoms with Gasteiger partial charge in [0.25, 0.3) is 0 Å². The Kier molecular flexibility index (Phi) is 2.38. The van der Waals surface area contributed by atoms with Gasteiger partial charge in [0, 0.05) is 5.39 Å². The molecule has 0 atom stereocenters. The van der Waals surface area contributed by atoms with Gasteiger partial charge in [-0.2, -0.15) is 5.10 Å². The number of nitrogens with one attached hydrogen (secondary N) is 1. The lowest BCUT2D eigenvalue weighted by Crippen LogP contribution is -1.63. The molecule has 0 spiro atoms. The fourth-order valence-electron chi connectivity index (χ4n) is 0.883. The van der Waals surface area contributed by atoms with Crippen molar-refractivity contribution in [3.63, 3.8) is 0 Å². The smallest absolute Gasteiger partial charge is 0.106 e. The molecule has 0 saturated carbocycles. The van der Waals surface area contributed by atoms with Crippen LogP contribution >= 0.6 is 0 Å². The molecule has 1 aromatic carbocycles. The lowest BCUT2D eigenvalue weighted by Gasteiger charge is -1.81. The number of hydrogen-bond acceptors (Lipinski definition) is 2. The third-order valence-electron chi connectivity index (χ3n) is 1.35. The molecule has 3 heteroatoms. The van der Waals surface area contributed by atoms with Crippen LogP contribution in [0.5, 0.6) is 0 Å². The van der Waals surface area contributed by atoms with Gasteiger partial charge in [-0.1, -0.05) is 18.2 Å². The minimum absolute atomic E-state index is 1.09. The molecule has 0 unspecified atom stereocenters. The first-order valence-electron chi connectivity index (χ1n) is 3.14. The first-order valence-corrected chi connectivity index (χ1v) is 3.14. The topological polar surface area (TPSA) is 45.8 Å². The SMILES string of the molecule is C=O.c1ccc2[nH]ncc2c1. The Morgan fingerprint density at radius 2 is 2.00 bits per heavy atom. The van der Waals surface area contributed by atoms with Crippen LogP contribution < -0.4 is 0 Å². The minimum Gasteiger partial charge on any atom is -0.307 e. The molecule has 11 heavy (non-hydrogen) atoms. The Bertz CT molecular complexity index is 299. The van der Waals surface area contributed by atoms with Crippen molar-refractivity contribution < 1.29 is 4.79 Å². The quantitative estimate of drug-likeness (QED) is 0.613. The molecule has 0 fully saturated rings. The Labute approximate surface area is 64.0 Å². The number of H-pyrrole nitrogens is 1. The first-order chi connectivity index (χ1) is 5.47. The summed E-state index contributed by atoms with van der Waals surface area (Å²) in [5.74, 6) is 0.